The molecule has 2 aromatic carbocycles. The molecule has 0 unspecified atom stereocenters. The van der Waals surface area contributed by atoms with Crippen molar-refractivity contribution in [3.05, 3.63) is 54.1 Å². The van der Waals surface area contributed by atoms with E-state index in [9.17, 15) is 40.2 Å². The van der Waals surface area contributed by atoms with Gasteiger partial charge in [-0.15, -0.1) is 13.2 Å². The number of nitrogens with zero attached hydrogens (tertiary/aromatic N) is 1. The molecular weight excluding hydrogens is 430 g/mol. The monoisotopic (exact) mass is 445 g/mol. The molecule has 0 radical (unpaired) electrons. The van der Waals surface area contributed by atoms with Crippen LogP contribution in [0.5, 0.6) is 11.5 Å². The zero-order valence-corrected chi connectivity index (χ0v) is 15.1. The van der Waals surface area contributed by atoms with Crippen LogP contribution in [0.4, 0.5) is 40.8 Å². The SMILES string of the molecule is Cc1cccc(N(C[C@@H](O)C(F)(F)C(F)(F)F)Oc2cccc(OC(F)(F)F)c2)c1. The highest BCUT2D eigenvalue weighted by Gasteiger charge is 2.62. The fourth-order valence-corrected chi connectivity index (χ4v) is 2.29. The van der Waals surface area contributed by atoms with Crippen LogP contribution in [0.3, 0.4) is 0 Å². The van der Waals surface area contributed by atoms with Crippen molar-refractivity contribution in [1.82, 2.24) is 0 Å². The average Bonchev–Trinajstić information content (AvgIpc) is 2.59. The number of hydrogen-bond donors (Lipinski definition) is 1. The Hall–Kier alpha value is -2.76. The van der Waals surface area contributed by atoms with Crippen LogP contribution >= 0.6 is 0 Å². The van der Waals surface area contributed by atoms with Crippen molar-refractivity contribution in [3.63, 3.8) is 0 Å². The van der Waals surface area contributed by atoms with Crippen molar-refractivity contribution in [2.75, 3.05) is 11.6 Å². The number of hydroxylamine groups is 1. The van der Waals surface area contributed by atoms with E-state index in [1.54, 1.807) is 13.0 Å². The van der Waals surface area contributed by atoms with Gasteiger partial charge in [-0.3, -0.25) is 0 Å². The maximum absolute atomic E-state index is 13.5. The van der Waals surface area contributed by atoms with Gasteiger partial charge in [-0.2, -0.15) is 22.0 Å². The third kappa shape index (κ3) is 6.12. The van der Waals surface area contributed by atoms with Crippen LogP contribution in [0, 0.1) is 6.92 Å². The molecule has 30 heavy (non-hydrogen) atoms. The number of benzene rings is 2. The largest absolute Gasteiger partial charge is 0.573 e. The molecular formula is C18H15F8NO3. The van der Waals surface area contributed by atoms with Crippen molar-refractivity contribution in [2.24, 2.45) is 0 Å². The molecule has 2 aromatic rings. The first-order valence-corrected chi connectivity index (χ1v) is 8.19. The fraction of sp³-hybridized carbons (Fsp3) is 0.333. The molecule has 0 fully saturated rings. The Labute approximate surface area is 165 Å². The minimum atomic E-state index is -6.02. The third-order valence-corrected chi connectivity index (χ3v) is 3.68. The molecule has 0 saturated carbocycles. The van der Waals surface area contributed by atoms with Crippen LogP contribution in [0.2, 0.25) is 0 Å². The molecule has 0 aliphatic carbocycles. The van der Waals surface area contributed by atoms with Gasteiger partial charge < -0.3 is 14.7 Å². The van der Waals surface area contributed by atoms with Crippen LogP contribution in [0.25, 0.3) is 0 Å². The number of aliphatic hydroxyl groups is 1. The Morgan fingerprint density at radius 1 is 0.900 bits per heavy atom. The maximum atomic E-state index is 13.5. The summed E-state index contributed by atoms with van der Waals surface area (Å²) < 4.78 is 105. The van der Waals surface area contributed by atoms with E-state index in [1.807, 2.05) is 0 Å². The molecule has 0 bridgehead atoms. The molecule has 166 valence electrons. The molecule has 12 heteroatoms. The number of alkyl halides is 8. The molecule has 0 saturated heterocycles. The van der Waals surface area contributed by atoms with Gasteiger partial charge in [0.25, 0.3) is 0 Å². The summed E-state index contributed by atoms with van der Waals surface area (Å²) in [7, 11) is 0. The van der Waals surface area contributed by atoms with Gasteiger partial charge in [0.05, 0.1) is 12.2 Å². The number of ether oxygens (including phenoxy) is 1. The minimum Gasteiger partial charge on any atom is -0.406 e. The van der Waals surface area contributed by atoms with E-state index < -0.39 is 36.9 Å². The van der Waals surface area contributed by atoms with E-state index in [2.05, 4.69) is 4.74 Å². The highest BCUT2D eigenvalue weighted by atomic mass is 19.4. The summed E-state index contributed by atoms with van der Waals surface area (Å²) in [6.07, 6.45) is -14.3. The number of halogens is 8. The molecule has 2 rings (SSSR count). The summed E-state index contributed by atoms with van der Waals surface area (Å²) in [6.45, 7) is 0.251. The van der Waals surface area contributed by atoms with Gasteiger partial charge in [0.2, 0.25) is 0 Å². The van der Waals surface area contributed by atoms with Crippen LogP contribution in [0.1, 0.15) is 5.56 Å². The van der Waals surface area contributed by atoms with Crippen LogP contribution in [0.15, 0.2) is 48.5 Å². The Kier molecular flexibility index (Phi) is 6.70. The molecule has 0 aromatic heterocycles. The molecule has 4 nitrogen and oxygen atoms in total. The Balaban J connectivity index is 2.33. The Morgan fingerprint density at radius 3 is 2.07 bits per heavy atom. The predicted molar refractivity (Wildman–Crippen MR) is 89.3 cm³/mol. The highest BCUT2D eigenvalue weighted by molar-refractivity contribution is 5.47. The Morgan fingerprint density at radius 2 is 1.50 bits per heavy atom. The smallest absolute Gasteiger partial charge is 0.406 e. The van der Waals surface area contributed by atoms with Gasteiger partial charge in [0, 0.05) is 6.07 Å². The molecule has 0 heterocycles. The van der Waals surface area contributed by atoms with E-state index in [0.29, 0.717) is 10.6 Å². The van der Waals surface area contributed by atoms with Crippen molar-refractivity contribution < 1.29 is 49.8 Å². The van der Waals surface area contributed by atoms with Crippen molar-refractivity contribution in [3.8, 4) is 11.5 Å². The quantitative estimate of drug-likeness (QED) is 0.467. The summed E-state index contributed by atoms with van der Waals surface area (Å²) in [5.41, 5.74) is 0.557. The van der Waals surface area contributed by atoms with Crippen molar-refractivity contribution in [1.29, 1.82) is 0 Å². The highest BCUT2D eigenvalue weighted by Crippen LogP contribution is 2.39. The van der Waals surface area contributed by atoms with E-state index in [4.69, 9.17) is 4.84 Å². The van der Waals surface area contributed by atoms with E-state index in [1.165, 1.54) is 18.2 Å². The molecule has 1 atom stereocenters. The zero-order valence-electron chi connectivity index (χ0n) is 15.1. The van der Waals surface area contributed by atoms with Gasteiger partial charge in [0.15, 0.2) is 5.75 Å². The summed E-state index contributed by atoms with van der Waals surface area (Å²) in [5, 5.41) is 10.1. The van der Waals surface area contributed by atoms with E-state index >= 15 is 0 Å². The van der Waals surface area contributed by atoms with Gasteiger partial charge >= 0.3 is 18.5 Å². The number of aliphatic hydroxyl groups excluding tert-OH is 1. The van der Waals surface area contributed by atoms with E-state index in [0.717, 1.165) is 24.3 Å². The fourth-order valence-electron chi connectivity index (χ4n) is 2.29. The van der Waals surface area contributed by atoms with E-state index in [-0.39, 0.29) is 11.4 Å². The minimum absolute atomic E-state index is 0.0193. The van der Waals surface area contributed by atoms with Crippen molar-refractivity contribution >= 4 is 5.69 Å². The molecule has 0 aliphatic rings. The maximum Gasteiger partial charge on any atom is 0.573 e. The number of rotatable bonds is 7. The van der Waals surface area contributed by atoms with Gasteiger partial charge in [-0.1, -0.05) is 18.2 Å². The second-order valence-electron chi connectivity index (χ2n) is 6.15. The van der Waals surface area contributed by atoms with Gasteiger partial charge in [-0.05, 0) is 36.8 Å². The lowest BCUT2D eigenvalue weighted by atomic mass is 10.1. The zero-order chi connectivity index (χ0) is 22.7. The summed E-state index contributed by atoms with van der Waals surface area (Å²) >= 11 is 0. The number of aryl methyl sites for hydroxylation is 1. The van der Waals surface area contributed by atoms with Crippen molar-refractivity contribution in [2.45, 2.75) is 31.5 Å². The van der Waals surface area contributed by atoms with Gasteiger partial charge in [0.1, 0.15) is 11.9 Å². The summed E-state index contributed by atoms with van der Waals surface area (Å²) in [6, 6.07) is 9.59. The molecule has 1 N–H and O–H groups in total. The Bertz CT molecular complexity index is 854. The lowest BCUT2D eigenvalue weighted by Gasteiger charge is -2.31. The van der Waals surface area contributed by atoms with Gasteiger partial charge in [-0.25, -0.2) is 5.06 Å². The summed E-state index contributed by atoms with van der Waals surface area (Å²) in [4.78, 5) is 5.21. The topological polar surface area (TPSA) is 41.9 Å². The molecule has 0 spiro atoms. The number of hydrogen-bond acceptors (Lipinski definition) is 4. The molecule has 0 aliphatic heterocycles. The first-order chi connectivity index (χ1) is 13.7. The normalized spacial score (nSPS) is 13.7. The standard InChI is InChI=1S/C18H15F8NO3/c1-11-4-2-5-12(8-11)27(10-15(28)16(19,20)17(21,22)23)30-14-7-3-6-13(9-14)29-18(24,25)26/h2-9,15,28H,10H2,1H3/t15-/m1/s1. The average molecular weight is 445 g/mol. The first-order valence-electron chi connectivity index (χ1n) is 8.19. The van der Waals surface area contributed by atoms with Crippen LogP contribution < -0.4 is 14.6 Å². The van der Waals surface area contributed by atoms with Crippen LogP contribution in [-0.4, -0.2) is 36.2 Å². The van der Waals surface area contributed by atoms with Crippen LogP contribution in [-0.2, 0) is 0 Å². The third-order valence-electron chi connectivity index (χ3n) is 3.68. The lowest BCUT2D eigenvalue weighted by Crippen LogP contribution is -2.52. The summed E-state index contributed by atoms with van der Waals surface area (Å²) in [5.74, 6) is -6.52. The molecule has 0 amide bonds. The second-order valence-corrected chi connectivity index (χ2v) is 6.15. The lowest BCUT2D eigenvalue weighted by molar-refractivity contribution is -0.311. The second kappa shape index (κ2) is 8.54. The predicted octanol–water partition coefficient (Wildman–Crippen LogP) is 5.25. The number of anilines is 1. The first kappa shape index (κ1) is 23.5.